The van der Waals surface area contributed by atoms with Crippen LogP contribution in [0.3, 0.4) is 0 Å². The standard InChI is InChI=1S/C14H21N3O3/c1-11-10-17(8-5-14(11,19)6-9-20-2)13(18)12-4-3-7-15-16-12/h3-4,7,11,19H,5-6,8-10H2,1-2H3. The Labute approximate surface area is 118 Å². The van der Waals surface area contributed by atoms with Gasteiger partial charge in [0.2, 0.25) is 0 Å². The first-order valence-electron chi connectivity index (χ1n) is 6.85. The third-order valence-corrected chi connectivity index (χ3v) is 4.04. The number of amides is 1. The van der Waals surface area contributed by atoms with Gasteiger partial charge in [-0.15, -0.1) is 5.10 Å². The normalized spacial score (nSPS) is 26.6. The molecule has 6 nitrogen and oxygen atoms in total. The molecule has 1 aromatic rings. The van der Waals surface area contributed by atoms with Gasteiger partial charge in [0.15, 0.2) is 5.69 Å². The highest BCUT2D eigenvalue weighted by Crippen LogP contribution is 2.31. The maximum atomic E-state index is 12.3. The van der Waals surface area contributed by atoms with Gasteiger partial charge in [0.05, 0.1) is 5.60 Å². The van der Waals surface area contributed by atoms with Gasteiger partial charge in [-0.05, 0) is 25.0 Å². The maximum absolute atomic E-state index is 12.3. The van der Waals surface area contributed by atoms with Crippen molar-refractivity contribution in [3.63, 3.8) is 0 Å². The second-order valence-corrected chi connectivity index (χ2v) is 5.36. The zero-order valence-corrected chi connectivity index (χ0v) is 12.0. The highest BCUT2D eigenvalue weighted by molar-refractivity contribution is 5.92. The van der Waals surface area contributed by atoms with Crippen LogP contribution < -0.4 is 0 Å². The molecule has 1 fully saturated rings. The van der Waals surface area contributed by atoms with Gasteiger partial charge in [-0.1, -0.05) is 6.92 Å². The summed E-state index contributed by atoms with van der Waals surface area (Å²) in [5.74, 6) is -0.120. The number of likely N-dealkylation sites (tertiary alicyclic amines) is 1. The van der Waals surface area contributed by atoms with E-state index in [0.29, 0.717) is 38.2 Å². The lowest BCUT2D eigenvalue weighted by atomic mass is 9.80. The summed E-state index contributed by atoms with van der Waals surface area (Å²) in [6, 6.07) is 3.36. The monoisotopic (exact) mass is 279 g/mol. The van der Waals surface area contributed by atoms with Crippen molar-refractivity contribution in [1.82, 2.24) is 15.1 Å². The van der Waals surface area contributed by atoms with E-state index in [9.17, 15) is 9.90 Å². The molecule has 1 aromatic heterocycles. The van der Waals surface area contributed by atoms with Gasteiger partial charge < -0.3 is 14.7 Å². The third-order valence-electron chi connectivity index (χ3n) is 4.04. The molecule has 1 aliphatic rings. The van der Waals surface area contributed by atoms with E-state index >= 15 is 0 Å². The van der Waals surface area contributed by atoms with Gasteiger partial charge in [0, 0.05) is 38.9 Å². The lowest BCUT2D eigenvalue weighted by molar-refractivity contribution is -0.0751. The Morgan fingerprint density at radius 3 is 3.05 bits per heavy atom. The quantitative estimate of drug-likeness (QED) is 0.879. The summed E-state index contributed by atoms with van der Waals surface area (Å²) in [4.78, 5) is 14.0. The molecule has 1 saturated heterocycles. The van der Waals surface area contributed by atoms with E-state index in [1.54, 1.807) is 30.3 Å². The summed E-state index contributed by atoms with van der Waals surface area (Å²) in [5, 5.41) is 18.2. The van der Waals surface area contributed by atoms with E-state index in [1.165, 1.54) is 0 Å². The molecule has 110 valence electrons. The largest absolute Gasteiger partial charge is 0.389 e. The van der Waals surface area contributed by atoms with Crippen LogP contribution in [0.1, 0.15) is 30.3 Å². The van der Waals surface area contributed by atoms with Crippen LogP contribution in [0.2, 0.25) is 0 Å². The Morgan fingerprint density at radius 2 is 2.45 bits per heavy atom. The molecular formula is C14H21N3O3. The highest BCUT2D eigenvalue weighted by Gasteiger charge is 2.40. The van der Waals surface area contributed by atoms with E-state index < -0.39 is 5.60 Å². The van der Waals surface area contributed by atoms with Crippen LogP contribution in [0.4, 0.5) is 0 Å². The number of piperidine rings is 1. The van der Waals surface area contributed by atoms with Gasteiger partial charge in [0.1, 0.15) is 0 Å². The van der Waals surface area contributed by atoms with Crippen molar-refractivity contribution in [2.75, 3.05) is 26.8 Å². The number of nitrogens with zero attached hydrogens (tertiary/aromatic N) is 3. The molecule has 0 aromatic carbocycles. The number of hydrogen-bond donors (Lipinski definition) is 1. The number of ether oxygens (including phenoxy) is 1. The van der Waals surface area contributed by atoms with E-state index in [-0.39, 0.29) is 11.8 Å². The Kier molecular flexibility index (Phi) is 4.67. The molecule has 0 aliphatic carbocycles. The molecule has 1 N–H and O–H groups in total. The van der Waals surface area contributed by atoms with Gasteiger partial charge in [0.25, 0.3) is 5.91 Å². The summed E-state index contributed by atoms with van der Waals surface area (Å²) in [6.07, 6.45) is 2.69. The first-order valence-corrected chi connectivity index (χ1v) is 6.85. The zero-order valence-electron chi connectivity index (χ0n) is 12.0. The van der Waals surface area contributed by atoms with Crippen molar-refractivity contribution in [2.45, 2.75) is 25.4 Å². The molecule has 2 unspecified atom stereocenters. The van der Waals surface area contributed by atoms with Crippen molar-refractivity contribution in [2.24, 2.45) is 5.92 Å². The van der Waals surface area contributed by atoms with Crippen LogP contribution in [0.5, 0.6) is 0 Å². The van der Waals surface area contributed by atoms with Crippen LogP contribution in [0, 0.1) is 5.92 Å². The first-order chi connectivity index (χ1) is 9.57. The van der Waals surface area contributed by atoms with Crippen LogP contribution in [0.15, 0.2) is 18.3 Å². The Morgan fingerprint density at radius 1 is 1.65 bits per heavy atom. The molecule has 2 heterocycles. The molecule has 0 saturated carbocycles. The molecule has 2 rings (SSSR count). The van der Waals surface area contributed by atoms with E-state index in [4.69, 9.17) is 4.74 Å². The Bertz CT molecular complexity index is 454. The first kappa shape index (κ1) is 14.9. The summed E-state index contributed by atoms with van der Waals surface area (Å²) in [5.41, 5.74) is -0.406. The van der Waals surface area contributed by atoms with Gasteiger partial charge >= 0.3 is 0 Å². The van der Waals surface area contributed by atoms with Crippen LogP contribution in [-0.4, -0.2) is 58.5 Å². The minimum atomic E-state index is -0.755. The number of rotatable bonds is 4. The fourth-order valence-electron chi connectivity index (χ4n) is 2.58. The molecular weight excluding hydrogens is 258 g/mol. The number of aromatic nitrogens is 2. The van der Waals surface area contributed by atoms with Gasteiger partial charge in [-0.2, -0.15) is 5.10 Å². The van der Waals surface area contributed by atoms with E-state index in [1.807, 2.05) is 6.92 Å². The maximum Gasteiger partial charge on any atom is 0.274 e. The van der Waals surface area contributed by atoms with Gasteiger partial charge in [-0.25, -0.2) is 0 Å². The van der Waals surface area contributed by atoms with Crippen LogP contribution in [0.25, 0.3) is 0 Å². The minimum Gasteiger partial charge on any atom is -0.389 e. The molecule has 20 heavy (non-hydrogen) atoms. The SMILES string of the molecule is COCCC1(O)CCN(C(=O)c2cccnn2)CC1C. The molecule has 1 amide bonds. The van der Waals surface area contributed by atoms with Crippen molar-refractivity contribution in [3.05, 3.63) is 24.0 Å². The summed E-state index contributed by atoms with van der Waals surface area (Å²) < 4.78 is 5.04. The number of aliphatic hydroxyl groups is 1. The van der Waals surface area contributed by atoms with Crippen molar-refractivity contribution in [1.29, 1.82) is 0 Å². The van der Waals surface area contributed by atoms with Crippen molar-refractivity contribution < 1.29 is 14.6 Å². The van der Waals surface area contributed by atoms with E-state index in [0.717, 1.165) is 0 Å². The van der Waals surface area contributed by atoms with Gasteiger partial charge in [-0.3, -0.25) is 4.79 Å². The van der Waals surface area contributed by atoms with Crippen molar-refractivity contribution in [3.8, 4) is 0 Å². The molecule has 0 bridgehead atoms. The van der Waals surface area contributed by atoms with Crippen molar-refractivity contribution >= 4 is 5.91 Å². The highest BCUT2D eigenvalue weighted by atomic mass is 16.5. The van der Waals surface area contributed by atoms with Crippen LogP contribution >= 0.6 is 0 Å². The number of carbonyl (C=O) groups is 1. The fourth-order valence-corrected chi connectivity index (χ4v) is 2.58. The molecule has 1 aliphatic heterocycles. The predicted molar refractivity (Wildman–Crippen MR) is 73.2 cm³/mol. The lowest BCUT2D eigenvalue weighted by Crippen LogP contribution is -2.53. The Balaban J connectivity index is 2.00. The molecule has 0 radical (unpaired) electrons. The summed E-state index contributed by atoms with van der Waals surface area (Å²) in [7, 11) is 1.63. The number of methoxy groups -OCH3 is 1. The predicted octanol–water partition coefficient (Wildman–Crippen LogP) is 0.726. The number of hydrogen-bond acceptors (Lipinski definition) is 5. The Hall–Kier alpha value is -1.53. The topological polar surface area (TPSA) is 75.6 Å². The lowest BCUT2D eigenvalue weighted by Gasteiger charge is -2.43. The third kappa shape index (κ3) is 3.13. The van der Waals surface area contributed by atoms with Crippen LogP contribution in [-0.2, 0) is 4.74 Å². The average molecular weight is 279 g/mol. The molecule has 2 atom stereocenters. The summed E-state index contributed by atoms with van der Waals surface area (Å²) in [6.45, 7) is 3.54. The number of carbonyl (C=O) groups excluding carboxylic acids is 1. The van der Waals surface area contributed by atoms with E-state index in [2.05, 4.69) is 10.2 Å². The second kappa shape index (κ2) is 6.28. The summed E-state index contributed by atoms with van der Waals surface area (Å²) >= 11 is 0. The zero-order chi connectivity index (χ0) is 14.6. The molecule has 6 heteroatoms. The average Bonchev–Trinajstić information content (AvgIpc) is 2.48. The fraction of sp³-hybridized carbons (Fsp3) is 0.643. The smallest absolute Gasteiger partial charge is 0.274 e. The molecule has 0 spiro atoms. The second-order valence-electron chi connectivity index (χ2n) is 5.36. The minimum absolute atomic E-state index is 0.00650.